The molecule has 0 saturated carbocycles. The standard InChI is InChI=1S/C12H26O/c1-7-8-10(2)9-12(6,13)11(3,4)5/h10,13H,7-9H2,1-6H3. The lowest BCUT2D eigenvalue weighted by Crippen LogP contribution is -2.41. The number of hydrogen-bond donors (Lipinski definition) is 1. The van der Waals surface area contributed by atoms with Crippen LogP contribution in [0.5, 0.6) is 0 Å². The fourth-order valence-electron chi connectivity index (χ4n) is 1.58. The predicted molar refractivity (Wildman–Crippen MR) is 58.8 cm³/mol. The van der Waals surface area contributed by atoms with Gasteiger partial charge in [-0.15, -0.1) is 0 Å². The molecule has 0 aromatic heterocycles. The van der Waals surface area contributed by atoms with Gasteiger partial charge in [-0.2, -0.15) is 0 Å². The molecule has 0 heterocycles. The van der Waals surface area contributed by atoms with Gasteiger partial charge in [0.05, 0.1) is 5.60 Å². The molecule has 0 aromatic carbocycles. The van der Waals surface area contributed by atoms with E-state index in [1.807, 2.05) is 6.92 Å². The second kappa shape index (κ2) is 4.45. The summed E-state index contributed by atoms with van der Waals surface area (Å²) in [5.74, 6) is 0.624. The Kier molecular flexibility index (Phi) is 4.44. The highest BCUT2D eigenvalue weighted by Gasteiger charge is 2.35. The van der Waals surface area contributed by atoms with Crippen molar-refractivity contribution in [3.8, 4) is 0 Å². The molecule has 2 atom stereocenters. The number of rotatable bonds is 4. The molecule has 0 aliphatic carbocycles. The van der Waals surface area contributed by atoms with Crippen LogP contribution in [0.4, 0.5) is 0 Å². The van der Waals surface area contributed by atoms with Gasteiger partial charge >= 0.3 is 0 Å². The van der Waals surface area contributed by atoms with E-state index >= 15 is 0 Å². The molecule has 1 nitrogen and oxygen atoms in total. The third-order valence-corrected chi connectivity index (χ3v) is 3.14. The Balaban J connectivity index is 4.17. The lowest BCUT2D eigenvalue weighted by Gasteiger charge is -2.39. The van der Waals surface area contributed by atoms with E-state index in [9.17, 15) is 5.11 Å². The van der Waals surface area contributed by atoms with Gasteiger partial charge in [0, 0.05) is 0 Å². The van der Waals surface area contributed by atoms with Crippen molar-refractivity contribution in [3.05, 3.63) is 0 Å². The molecule has 0 amide bonds. The van der Waals surface area contributed by atoms with E-state index in [2.05, 4.69) is 34.6 Å². The summed E-state index contributed by atoms with van der Waals surface area (Å²) in [4.78, 5) is 0. The van der Waals surface area contributed by atoms with Crippen LogP contribution in [0.1, 0.15) is 60.8 Å². The summed E-state index contributed by atoms with van der Waals surface area (Å²) in [5.41, 5.74) is -0.559. The highest BCUT2D eigenvalue weighted by Crippen LogP contribution is 2.35. The molecule has 0 bridgehead atoms. The summed E-state index contributed by atoms with van der Waals surface area (Å²) in [6.45, 7) is 12.7. The van der Waals surface area contributed by atoms with E-state index in [4.69, 9.17) is 0 Å². The molecule has 0 saturated heterocycles. The van der Waals surface area contributed by atoms with Crippen molar-refractivity contribution in [1.29, 1.82) is 0 Å². The second-order valence-electron chi connectivity index (χ2n) is 5.62. The smallest absolute Gasteiger partial charge is 0.0670 e. The Morgan fingerprint density at radius 2 is 1.62 bits per heavy atom. The minimum atomic E-state index is -0.540. The molecule has 13 heavy (non-hydrogen) atoms. The zero-order valence-electron chi connectivity index (χ0n) is 10.1. The largest absolute Gasteiger partial charge is 0.390 e. The van der Waals surface area contributed by atoms with E-state index in [0.29, 0.717) is 5.92 Å². The molecule has 0 radical (unpaired) electrons. The number of aliphatic hydroxyl groups is 1. The molecular formula is C12H26O. The van der Waals surface area contributed by atoms with Crippen LogP contribution in [0.3, 0.4) is 0 Å². The fraction of sp³-hybridized carbons (Fsp3) is 1.00. The number of hydrogen-bond acceptors (Lipinski definition) is 1. The van der Waals surface area contributed by atoms with Crippen molar-refractivity contribution >= 4 is 0 Å². The van der Waals surface area contributed by atoms with Crippen LogP contribution in [0, 0.1) is 11.3 Å². The Labute approximate surface area is 83.5 Å². The highest BCUT2D eigenvalue weighted by molar-refractivity contribution is 4.87. The van der Waals surface area contributed by atoms with Crippen molar-refractivity contribution in [2.24, 2.45) is 11.3 Å². The normalized spacial score (nSPS) is 19.6. The Hall–Kier alpha value is -0.0400. The van der Waals surface area contributed by atoms with Gasteiger partial charge in [-0.1, -0.05) is 47.5 Å². The van der Waals surface area contributed by atoms with Crippen LogP contribution in [-0.4, -0.2) is 10.7 Å². The van der Waals surface area contributed by atoms with Gasteiger partial charge in [0.2, 0.25) is 0 Å². The maximum absolute atomic E-state index is 10.2. The monoisotopic (exact) mass is 186 g/mol. The van der Waals surface area contributed by atoms with E-state index in [-0.39, 0.29) is 5.41 Å². The van der Waals surface area contributed by atoms with Crippen LogP contribution in [0.15, 0.2) is 0 Å². The summed E-state index contributed by atoms with van der Waals surface area (Å²) >= 11 is 0. The summed E-state index contributed by atoms with van der Waals surface area (Å²) in [6.07, 6.45) is 3.33. The van der Waals surface area contributed by atoms with Crippen LogP contribution in [-0.2, 0) is 0 Å². The molecule has 80 valence electrons. The fourth-order valence-corrected chi connectivity index (χ4v) is 1.58. The van der Waals surface area contributed by atoms with Gasteiger partial charge in [-0.05, 0) is 24.7 Å². The van der Waals surface area contributed by atoms with Gasteiger partial charge in [0.15, 0.2) is 0 Å². The first-order valence-corrected chi connectivity index (χ1v) is 5.43. The lowest BCUT2D eigenvalue weighted by molar-refractivity contribution is -0.0588. The van der Waals surface area contributed by atoms with Gasteiger partial charge < -0.3 is 5.11 Å². The van der Waals surface area contributed by atoms with Crippen molar-refractivity contribution < 1.29 is 5.11 Å². The van der Waals surface area contributed by atoms with Crippen molar-refractivity contribution in [1.82, 2.24) is 0 Å². The summed E-state index contributed by atoms with van der Waals surface area (Å²) in [7, 11) is 0. The lowest BCUT2D eigenvalue weighted by atomic mass is 9.73. The summed E-state index contributed by atoms with van der Waals surface area (Å²) < 4.78 is 0. The Morgan fingerprint density at radius 1 is 1.15 bits per heavy atom. The minimum Gasteiger partial charge on any atom is -0.390 e. The predicted octanol–water partition coefficient (Wildman–Crippen LogP) is 3.61. The first kappa shape index (κ1) is 13.0. The first-order chi connectivity index (χ1) is 5.70. The molecular weight excluding hydrogens is 160 g/mol. The zero-order chi connectivity index (χ0) is 10.7. The van der Waals surface area contributed by atoms with Crippen molar-refractivity contribution in [2.75, 3.05) is 0 Å². The van der Waals surface area contributed by atoms with Crippen molar-refractivity contribution in [2.45, 2.75) is 66.4 Å². The Bertz CT molecular complexity index is 142. The van der Waals surface area contributed by atoms with E-state index in [1.165, 1.54) is 12.8 Å². The van der Waals surface area contributed by atoms with Crippen molar-refractivity contribution in [3.63, 3.8) is 0 Å². The third-order valence-electron chi connectivity index (χ3n) is 3.14. The second-order valence-corrected chi connectivity index (χ2v) is 5.62. The van der Waals surface area contributed by atoms with Gasteiger partial charge in [-0.25, -0.2) is 0 Å². The van der Waals surface area contributed by atoms with Gasteiger partial charge in [0.1, 0.15) is 0 Å². The average Bonchev–Trinajstić information content (AvgIpc) is 1.83. The molecule has 0 fully saturated rings. The van der Waals surface area contributed by atoms with Crippen LogP contribution < -0.4 is 0 Å². The SMILES string of the molecule is CCCC(C)CC(C)(O)C(C)(C)C. The molecule has 0 rings (SSSR count). The molecule has 2 unspecified atom stereocenters. The van der Waals surface area contributed by atoms with Crippen LogP contribution >= 0.6 is 0 Å². The molecule has 0 aromatic rings. The van der Waals surface area contributed by atoms with Crippen LogP contribution in [0.2, 0.25) is 0 Å². The van der Waals surface area contributed by atoms with Gasteiger partial charge in [-0.3, -0.25) is 0 Å². The maximum Gasteiger partial charge on any atom is 0.0670 e. The highest BCUT2D eigenvalue weighted by atomic mass is 16.3. The third kappa shape index (κ3) is 4.12. The first-order valence-electron chi connectivity index (χ1n) is 5.43. The molecule has 0 aliphatic rings. The van der Waals surface area contributed by atoms with E-state index < -0.39 is 5.60 Å². The zero-order valence-corrected chi connectivity index (χ0v) is 10.1. The van der Waals surface area contributed by atoms with Gasteiger partial charge in [0.25, 0.3) is 0 Å². The average molecular weight is 186 g/mol. The van der Waals surface area contributed by atoms with E-state index in [1.54, 1.807) is 0 Å². The molecule has 1 heteroatoms. The topological polar surface area (TPSA) is 20.2 Å². The summed E-state index contributed by atoms with van der Waals surface area (Å²) in [6, 6.07) is 0. The molecule has 0 spiro atoms. The maximum atomic E-state index is 10.2. The minimum absolute atomic E-state index is 0.0188. The molecule has 1 N–H and O–H groups in total. The van der Waals surface area contributed by atoms with Crippen LogP contribution in [0.25, 0.3) is 0 Å². The quantitative estimate of drug-likeness (QED) is 0.711. The molecule has 0 aliphatic heterocycles. The Morgan fingerprint density at radius 3 is 1.92 bits per heavy atom. The summed E-state index contributed by atoms with van der Waals surface area (Å²) in [5, 5.41) is 10.2. The van der Waals surface area contributed by atoms with E-state index in [0.717, 1.165) is 6.42 Å².